The highest BCUT2D eigenvalue weighted by Gasteiger charge is 2.12. The van der Waals surface area contributed by atoms with E-state index in [0.29, 0.717) is 0 Å². The highest BCUT2D eigenvalue weighted by atomic mass is 15.1. The van der Waals surface area contributed by atoms with E-state index in [2.05, 4.69) is 78.1 Å². The first-order valence-electron chi connectivity index (χ1n) is 9.53. The second-order valence-electron chi connectivity index (χ2n) is 7.13. The van der Waals surface area contributed by atoms with Crippen molar-refractivity contribution < 1.29 is 9.88 Å². The van der Waals surface area contributed by atoms with Gasteiger partial charge in [-0.15, -0.1) is 0 Å². The zero-order chi connectivity index (χ0) is 17.9. The minimum atomic E-state index is 1.00. The molecule has 0 bridgehead atoms. The Morgan fingerprint density at radius 2 is 1.73 bits per heavy atom. The molecule has 0 aliphatic carbocycles. The maximum absolute atomic E-state index is 3.33. The lowest BCUT2D eigenvalue weighted by molar-refractivity contribution is -0.893. The molecule has 2 N–H and O–H groups in total. The molecule has 2 aromatic heterocycles. The summed E-state index contributed by atoms with van der Waals surface area (Å²) in [7, 11) is 2.28. The van der Waals surface area contributed by atoms with Gasteiger partial charge in [-0.05, 0) is 25.1 Å². The fraction of sp³-hybridized carbons (Fsp3) is 0.261. The number of aromatic nitrogens is 2. The molecule has 4 aromatic rings. The van der Waals surface area contributed by atoms with Crippen molar-refractivity contribution in [2.45, 2.75) is 26.4 Å². The molecule has 4 rings (SSSR count). The van der Waals surface area contributed by atoms with Gasteiger partial charge in [0.25, 0.3) is 0 Å². The minimum Gasteiger partial charge on any atom is -0.341 e. The molecule has 0 aliphatic rings. The van der Waals surface area contributed by atoms with Gasteiger partial charge in [0.1, 0.15) is 6.54 Å². The van der Waals surface area contributed by atoms with Gasteiger partial charge in [-0.3, -0.25) is 0 Å². The van der Waals surface area contributed by atoms with Crippen molar-refractivity contribution in [3.8, 4) is 0 Å². The molecular weight excluding hydrogens is 318 g/mol. The van der Waals surface area contributed by atoms with Gasteiger partial charge >= 0.3 is 0 Å². The van der Waals surface area contributed by atoms with Crippen LogP contribution in [0, 0.1) is 0 Å². The number of pyridine rings is 1. The predicted octanol–water partition coefficient (Wildman–Crippen LogP) is 2.89. The first-order chi connectivity index (χ1) is 12.8. The van der Waals surface area contributed by atoms with Crippen LogP contribution in [0.2, 0.25) is 0 Å². The van der Waals surface area contributed by atoms with E-state index >= 15 is 0 Å². The Bertz CT molecular complexity index is 1020. The SMILES string of the molecule is CCn1c2ccccc2c2cc(C[NH+](C)CCc3cccc[nH+]3)ccc21. The standard InChI is InChI=1S/C23H25N3/c1-3-26-22-10-5-4-9-20(22)21-16-18(11-12-23(21)26)17-25(2)15-13-19-8-6-7-14-24-19/h4-12,14,16H,3,13,15,17H2,1-2H3/p+2. The Kier molecular flexibility index (Phi) is 4.72. The molecule has 0 fully saturated rings. The normalized spacial score (nSPS) is 12.7. The summed E-state index contributed by atoms with van der Waals surface area (Å²) in [6.07, 6.45) is 3.08. The molecular formula is C23H27N3+2. The van der Waals surface area contributed by atoms with Crippen LogP contribution in [-0.4, -0.2) is 18.2 Å². The molecule has 1 atom stereocenters. The van der Waals surface area contributed by atoms with E-state index < -0.39 is 0 Å². The van der Waals surface area contributed by atoms with E-state index in [4.69, 9.17) is 0 Å². The van der Waals surface area contributed by atoms with Crippen LogP contribution in [-0.2, 0) is 19.5 Å². The van der Waals surface area contributed by atoms with Crippen molar-refractivity contribution in [1.82, 2.24) is 4.57 Å². The van der Waals surface area contributed by atoms with Crippen molar-refractivity contribution in [2.24, 2.45) is 0 Å². The molecule has 1 unspecified atom stereocenters. The molecule has 3 nitrogen and oxygen atoms in total. The maximum Gasteiger partial charge on any atom is 0.185 e. The van der Waals surface area contributed by atoms with Crippen molar-refractivity contribution in [2.75, 3.05) is 13.6 Å². The van der Waals surface area contributed by atoms with Crippen LogP contribution < -0.4 is 9.88 Å². The summed E-state index contributed by atoms with van der Waals surface area (Å²) in [4.78, 5) is 4.85. The van der Waals surface area contributed by atoms with Crippen molar-refractivity contribution in [1.29, 1.82) is 0 Å². The van der Waals surface area contributed by atoms with Crippen LogP contribution in [0.5, 0.6) is 0 Å². The molecule has 2 aromatic carbocycles. The Hall–Kier alpha value is -2.65. The topological polar surface area (TPSA) is 23.5 Å². The van der Waals surface area contributed by atoms with E-state index in [1.807, 2.05) is 12.3 Å². The second-order valence-corrected chi connectivity index (χ2v) is 7.13. The molecule has 0 aliphatic heterocycles. The number of aryl methyl sites for hydroxylation is 1. The smallest absolute Gasteiger partial charge is 0.185 e. The average molecular weight is 345 g/mol. The molecule has 0 spiro atoms. The third-order valence-electron chi connectivity index (χ3n) is 5.25. The number of para-hydroxylation sites is 1. The highest BCUT2D eigenvalue weighted by Crippen LogP contribution is 2.29. The number of hydrogen-bond donors (Lipinski definition) is 1. The summed E-state index contributed by atoms with van der Waals surface area (Å²) in [5, 5.41) is 2.74. The van der Waals surface area contributed by atoms with Gasteiger partial charge < -0.3 is 9.47 Å². The Balaban J connectivity index is 1.56. The molecule has 0 saturated carbocycles. The Morgan fingerprint density at radius 1 is 0.923 bits per heavy atom. The number of nitrogens with zero attached hydrogens (tertiary/aromatic N) is 1. The zero-order valence-electron chi connectivity index (χ0n) is 15.6. The van der Waals surface area contributed by atoms with Crippen molar-refractivity contribution >= 4 is 21.8 Å². The van der Waals surface area contributed by atoms with Crippen LogP contribution in [0.15, 0.2) is 66.9 Å². The summed E-state index contributed by atoms with van der Waals surface area (Å²) < 4.78 is 2.41. The van der Waals surface area contributed by atoms with E-state index in [0.717, 1.165) is 26.1 Å². The number of nitrogens with one attached hydrogen (secondary N) is 2. The van der Waals surface area contributed by atoms with Crippen molar-refractivity contribution in [3.05, 3.63) is 78.1 Å². The van der Waals surface area contributed by atoms with Crippen LogP contribution in [0.3, 0.4) is 0 Å². The Morgan fingerprint density at radius 3 is 2.54 bits per heavy atom. The summed E-state index contributed by atoms with van der Waals surface area (Å²) in [6.45, 7) is 5.39. The molecule has 132 valence electrons. The van der Waals surface area contributed by atoms with Crippen LogP contribution in [0.25, 0.3) is 21.8 Å². The minimum absolute atomic E-state index is 1.00. The summed E-state index contributed by atoms with van der Waals surface area (Å²) >= 11 is 0. The van der Waals surface area contributed by atoms with Crippen molar-refractivity contribution in [3.63, 3.8) is 0 Å². The number of aromatic amines is 1. The number of fused-ring (bicyclic) bond motifs is 3. The van der Waals surface area contributed by atoms with Gasteiger partial charge in [0, 0.05) is 46.0 Å². The average Bonchev–Trinajstić information content (AvgIpc) is 3.00. The first kappa shape index (κ1) is 16.8. The fourth-order valence-electron chi connectivity index (χ4n) is 3.92. The monoisotopic (exact) mass is 345 g/mol. The summed E-state index contributed by atoms with van der Waals surface area (Å²) in [5.41, 5.74) is 5.39. The zero-order valence-corrected chi connectivity index (χ0v) is 15.6. The predicted molar refractivity (Wildman–Crippen MR) is 107 cm³/mol. The van der Waals surface area contributed by atoms with Crippen LogP contribution in [0.4, 0.5) is 0 Å². The largest absolute Gasteiger partial charge is 0.341 e. The molecule has 2 heterocycles. The number of H-pyrrole nitrogens is 1. The number of quaternary nitrogens is 1. The van der Waals surface area contributed by atoms with Gasteiger partial charge in [-0.1, -0.05) is 30.3 Å². The van der Waals surface area contributed by atoms with E-state index in [-0.39, 0.29) is 0 Å². The maximum atomic E-state index is 3.33. The molecule has 0 saturated heterocycles. The Labute approximate surface area is 154 Å². The first-order valence-corrected chi connectivity index (χ1v) is 9.53. The van der Waals surface area contributed by atoms with Gasteiger partial charge in [0.05, 0.1) is 20.0 Å². The summed E-state index contributed by atoms with van der Waals surface area (Å²) in [5.74, 6) is 0. The van der Waals surface area contributed by atoms with Crippen LogP contribution in [0.1, 0.15) is 18.2 Å². The van der Waals surface area contributed by atoms with Gasteiger partial charge in [0.15, 0.2) is 11.9 Å². The van der Waals surface area contributed by atoms with Gasteiger partial charge in [-0.25, -0.2) is 4.98 Å². The highest BCUT2D eigenvalue weighted by molar-refractivity contribution is 6.08. The molecule has 0 radical (unpaired) electrons. The van der Waals surface area contributed by atoms with Crippen LogP contribution >= 0.6 is 0 Å². The number of likely N-dealkylation sites (N-methyl/N-ethyl adjacent to an activating group) is 1. The molecule has 26 heavy (non-hydrogen) atoms. The lowest BCUT2D eigenvalue weighted by Gasteiger charge is -2.13. The fourth-order valence-corrected chi connectivity index (χ4v) is 3.92. The quantitative estimate of drug-likeness (QED) is 0.556. The van der Waals surface area contributed by atoms with E-state index in [1.165, 1.54) is 38.0 Å². The number of rotatable bonds is 6. The third-order valence-corrected chi connectivity index (χ3v) is 5.25. The number of benzene rings is 2. The second kappa shape index (κ2) is 7.30. The molecule has 3 heteroatoms. The van der Waals surface area contributed by atoms with Gasteiger partial charge in [-0.2, -0.15) is 0 Å². The lowest BCUT2D eigenvalue weighted by atomic mass is 10.1. The van der Waals surface area contributed by atoms with Gasteiger partial charge in [0.2, 0.25) is 0 Å². The number of hydrogen-bond acceptors (Lipinski definition) is 0. The van der Waals surface area contributed by atoms with E-state index in [9.17, 15) is 0 Å². The third kappa shape index (κ3) is 3.23. The summed E-state index contributed by atoms with van der Waals surface area (Å²) in [6, 6.07) is 22.0. The lowest BCUT2D eigenvalue weighted by Crippen LogP contribution is -3.07. The van der Waals surface area contributed by atoms with E-state index in [1.54, 1.807) is 0 Å². The molecule has 0 amide bonds.